The van der Waals surface area contributed by atoms with Crippen molar-refractivity contribution in [2.75, 3.05) is 7.11 Å². The summed E-state index contributed by atoms with van der Waals surface area (Å²) in [6.45, 7) is 1.78. The molecule has 0 aromatic heterocycles. The molecule has 0 radical (unpaired) electrons. The molecule has 0 aliphatic heterocycles. The van der Waals surface area contributed by atoms with Crippen LogP contribution in [-0.4, -0.2) is 32.5 Å². The summed E-state index contributed by atoms with van der Waals surface area (Å²) >= 11 is 0. The molecule has 7 heteroatoms. The van der Waals surface area contributed by atoms with Crippen LogP contribution in [0.5, 0.6) is 5.75 Å². The van der Waals surface area contributed by atoms with Crippen molar-refractivity contribution >= 4 is 15.7 Å². The zero-order valence-electron chi connectivity index (χ0n) is 17.9. The number of methoxy groups -OCH3 is 1. The van der Waals surface area contributed by atoms with E-state index in [2.05, 4.69) is 5.32 Å². The fraction of sp³-hybridized carbons (Fsp3) is 0.458. The smallest absolute Gasteiger partial charge is 0.230 e. The van der Waals surface area contributed by atoms with Gasteiger partial charge in [0.2, 0.25) is 20.7 Å². The van der Waals surface area contributed by atoms with Gasteiger partial charge in [-0.1, -0.05) is 24.3 Å². The normalized spacial score (nSPS) is 24.9. The summed E-state index contributed by atoms with van der Waals surface area (Å²) in [6.07, 6.45) is 1.89. The number of aryl methyl sites for hydroxylation is 1. The van der Waals surface area contributed by atoms with Crippen LogP contribution in [0.2, 0.25) is 0 Å². The van der Waals surface area contributed by atoms with Crippen molar-refractivity contribution in [1.29, 1.82) is 0 Å². The molecule has 1 N–H and O–H groups in total. The number of carbonyl (C=O) groups is 1. The average Bonchev–Trinajstić information content (AvgIpc) is 3.57. The third-order valence-corrected chi connectivity index (χ3v) is 8.92. The molecule has 0 atom stereocenters. The second kappa shape index (κ2) is 7.93. The van der Waals surface area contributed by atoms with Gasteiger partial charge >= 0.3 is 0 Å². The first-order chi connectivity index (χ1) is 14.7. The Morgan fingerprint density at radius 1 is 1.06 bits per heavy atom. The van der Waals surface area contributed by atoms with Gasteiger partial charge in [0.25, 0.3) is 0 Å². The van der Waals surface area contributed by atoms with Gasteiger partial charge in [-0.25, -0.2) is 12.8 Å². The van der Waals surface area contributed by atoms with Crippen molar-refractivity contribution in [3.8, 4) is 5.75 Å². The lowest BCUT2D eigenvalue weighted by Crippen LogP contribution is -2.47. The minimum absolute atomic E-state index is 0.0222. The van der Waals surface area contributed by atoms with Crippen molar-refractivity contribution in [3.05, 3.63) is 59.7 Å². The van der Waals surface area contributed by atoms with E-state index in [9.17, 15) is 13.2 Å². The number of alkyl halides is 1. The summed E-state index contributed by atoms with van der Waals surface area (Å²) in [5, 5.41) is 0.759. The fourth-order valence-electron chi connectivity index (χ4n) is 4.46. The van der Waals surface area contributed by atoms with Gasteiger partial charge in [0.1, 0.15) is 5.75 Å². The second-order valence-electron chi connectivity index (χ2n) is 8.76. The minimum atomic E-state index is -4.09. The van der Waals surface area contributed by atoms with Crippen LogP contribution in [0, 0.1) is 6.92 Å². The van der Waals surface area contributed by atoms with E-state index < -0.39 is 20.3 Å². The van der Waals surface area contributed by atoms with Crippen LogP contribution in [-0.2, 0) is 20.0 Å². The summed E-state index contributed by atoms with van der Waals surface area (Å²) in [6, 6.07) is 13.7. The molecule has 0 bridgehead atoms. The molecule has 0 spiro atoms. The maximum Gasteiger partial charge on any atom is 0.230 e. The fourth-order valence-corrected chi connectivity index (χ4v) is 6.26. The van der Waals surface area contributed by atoms with Gasteiger partial charge in [-0.15, -0.1) is 0 Å². The molecule has 2 fully saturated rings. The van der Waals surface area contributed by atoms with Crippen molar-refractivity contribution in [2.24, 2.45) is 0 Å². The van der Waals surface area contributed by atoms with Crippen molar-refractivity contribution in [1.82, 2.24) is 5.32 Å². The molecule has 4 rings (SSSR count). The highest BCUT2D eigenvalue weighted by molar-refractivity contribution is 7.92. The van der Waals surface area contributed by atoms with Gasteiger partial charge in [0.15, 0.2) is 0 Å². The standard InChI is InChI=1S/C24H28FNO4S/c1-17-4-3-5-21(16-17)31(28,29)24(25)12-10-19(11-13-24)26-22(27)23(14-15-23)18-6-8-20(30-2)9-7-18/h3-9,16,19H,10-15H2,1-2H3,(H,26,27). The molecule has 166 valence electrons. The Bertz CT molecular complexity index is 1070. The minimum Gasteiger partial charge on any atom is -0.497 e. The Balaban J connectivity index is 1.41. The van der Waals surface area contributed by atoms with E-state index in [1.807, 2.05) is 24.3 Å². The molecule has 0 heterocycles. The van der Waals surface area contributed by atoms with E-state index in [0.717, 1.165) is 29.7 Å². The molecule has 2 aromatic rings. The predicted octanol–water partition coefficient (Wildman–Crippen LogP) is 4.23. The van der Waals surface area contributed by atoms with Gasteiger partial charge in [-0.2, -0.15) is 0 Å². The topological polar surface area (TPSA) is 72.5 Å². The molecule has 0 unspecified atom stereocenters. The Morgan fingerprint density at radius 2 is 1.71 bits per heavy atom. The van der Waals surface area contributed by atoms with E-state index in [1.165, 1.54) is 12.1 Å². The van der Waals surface area contributed by atoms with Crippen LogP contribution in [0.1, 0.15) is 49.7 Å². The van der Waals surface area contributed by atoms with Crippen LogP contribution in [0.15, 0.2) is 53.4 Å². The van der Waals surface area contributed by atoms with Gasteiger partial charge in [-0.3, -0.25) is 4.79 Å². The third-order valence-electron chi connectivity index (χ3n) is 6.68. The number of hydrogen-bond donors (Lipinski definition) is 1. The summed E-state index contributed by atoms with van der Waals surface area (Å²) in [4.78, 5) is 13.0. The molecule has 5 nitrogen and oxygen atoms in total. The highest BCUT2D eigenvalue weighted by atomic mass is 32.2. The second-order valence-corrected chi connectivity index (χ2v) is 11.0. The number of benzene rings is 2. The van der Waals surface area contributed by atoms with Gasteiger partial charge in [0.05, 0.1) is 17.4 Å². The molecule has 31 heavy (non-hydrogen) atoms. The first kappa shape index (κ1) is 21.8. The molecule has 2 saturated carbocycles. The van der Waals surface area contributed by atoms with Crippen molar-refractivity contribution < 1.29 is 22.3 Å². The number of nitrogens with one attached hydrogen (secondary N) is 1. The van der Waals surface area contributed by atoms with E-state index in [0.29, 0.717) is 12.8 Å². The number of hydrogen-bond acceptors (Lipinski definition) is 4. The van der Waals surface area contributed by atoms with Gasteiger partial charge < -0.3 is 10.1 Å². The SMILES string of the molecule is COc1ccc(C2(C(=O)NC3CCC(F)(S(=O)(=O)c4cccc(C)c4)CC3)CC2)cc1. The van der Waals surface area contributed by atoms with E-state index in [-0.39, 0.29) is 29.7 Å². The lowest BCUT2D eigenvalue weighted by Gasteiger charge is -2.34. The van der Waals surface area contributed by atoms with E-state index in [4.69, 9.17) is 4.74 Å². The molecule has 2 aromatic carbocycles. The summed E-state index contributed by atoms with van der Waals surface area (Å²) in [5.41, 5.74) is 1.19. The number of carbonyl (C=O) groups excluding carboxylic acids is 1. The predicted molar refractivity (Wildman–Crippen MR) is 117 cm³/mol. The average molecular weight is 446 g/mol. The van der Waals surface area contributed by atoms with E-state index >= 15 is 4.39 Å². The summed E-state index contributed by atoms with van der Waals surface area (Å²) < 4.78 is 46.6. The molecular weight excluding hydrogens is 417 g/mol. The Labute approximate surface area is 182 Å². The Hall–Kier alpha value is -2.41. The molecular formula is C24H28FNO4S. The quantitative estimate of drug-likeness (QED) is 0.722. The zero-order chi connectivity index (χ0) is 22.3. The maximum atomic E-state index is 15.5. The Morgan fingerprint density at radius 3 is 2.26 bits per heavy atom. The first-order valence-electron chi connectivity index (χ1n) is 10.7. The van der Waals surface area contributed by atoms with E-state index in [1.54, 1.807) is 26.2 Å². The zero-order valence-corrected chi connectivity index (χ0v) is 18.7. The highest BCUT2D eigenvalue weighted by Crippen LogP contribution is 2.49. The largest absolute Gasteiger partial charge is 0.497 e. The van der Waals surface area contributed by atoms with Gasteiger partial charge in [-0.05, 0) is 80.8 Å². The highest BCUT2D eigenvalue weighted by Gasteiger charge is 2.53. The lowest BCUT2D eigenvalue weighted by molar-refractivity contribution is -0.124. The van der Waals surface area contributed by atoms with Crippen LogP contribution >= 0.6 is 0 Å². The van der Waals surface area contributed by atoms with Crippen LogP contribution < -0.4 is 10.1 Å². The maximum absolute atomic E-state index is 15.5. The van der Waals surface area contributed by atoms with Crippen molar-refractivity contribution in [2.45, 2.75) is 66.8 Å². The molecule has 1 amide bonds. The number of halogens is 1. The third kappa shape index (κ3) is 3.95. The van der Waals surface area contributed by atoms with Crippen LogP contribution in [0.3, 0.4) is 0 Å². The number of rotatable bonds is 6. The van der Waals surface area contributed by atoms with Crippen LogP contribution in [0.25, 0.3) is 0 Å². The van der Waals surface area contributed by atoms with Crippen LogP contribution in [0.4, 0.5) is 4.39 Å². The summed E-state index contributed by atoms with van der Waals surface area (Å²) in [7, 11) is -2.49. The molecule has 0 saturated heterocycles. The summed E-state index contributed by atoms with van der Waals surface area (Å²) in [5.74, 6) is 0.678. The van der Waals surface area contributed by atoms with Crippen molar-refractivity contribution in [3.63, 3.8) is 0 Å². The Kier molecular flexibility index (Phi) is 5.58. The molecule has 2 aliphatic rings. The lowest BCUT2D eigenvalue weighted by atomic mass is 9.90. The number of ether oxygens (including phenoxy) is 1. The first-order valence-corrected chi connectivity index (χ1v) is 12.1. The molecule has 2 aliphatic carbocycles. The number of amides is 1. The monoisotopic (exact) mass is 445 g/mol. The van der Waals surface area contributed by atoms with Gasteiger partial charge in [0, 0.05) is 6.04 Å². The number of sulfone groups is 1.